The van der Waals surface area contributed by atoms with Crippen molar-refractivity contribution in [3.8, 4) is 0 Å². The highest BCUT2D eigenvalue weighted by Crippen LogP contribution is 2.33. The van der Waals surface area contributed by atoms with Gasteiger partial charge in [0.05, 0.1) is 10.5 Å². The van der Waals surface area contributed by atoms with Crippen molar-refractivity contribution in [3.63, 3.8) is 0 Å². The molecular formula is C17H13FO4S. The molecular weight excluding hydrogens is 319 g/mol. The molecule has 0 radical (unpaired) electrons. The highest BCUT2D eigenvalue weighted by atomic mass is 32.2. The zero-order valence-corrected chi connectivity index (χ0v) is 13.0. The molecule has 0 saturated carbocycles. The molecule has 23 heavy (non-hydrogen) atoms. The number of hydrogen-bond donors (Lipinski definition) is 1. The van der Waals surface area contributed by atoms with E-state index < -0.39 is 17.0 Å². The molecule has 1 aliphatic heterocycles. The normalized spacial score (nSPS) is 15.7. The van der Waals surface area contributed by atoms with E-state index in [1.54, 1.807) is 31.2 Å². The van der Waals surface area contributed by atoms with Gasteiger partial charge in [0.2, 0.25) is 0 Å². The number of aryl methyl sites for hydroxylation is 1. The second-order valence-corrected chi connectivity index (χ2v) is 6.14. The van der Waals surface area contributed by atoms with Gasteiger partial charge in [-0.05, 0) is 41.8 Å². The van der Waals surface area contributed by atoms with Crippen molar-refractivity contribution in [2.45, 2.75) is 11.8 Å². The van der Waals surface area contributed by atoms with Gasteiger partial charge in [-0.2, -0.15) is 0 Å². The Kier molecular flexibility index (Phi) is 4.11. The van der Waals surface area contributed by atoms with Gasteiger partial charge in [0.15, 0.2) is 11.1 Å². The number of rotatable bonds is 3. The summed E-state index contributed by atoms with van der Waals surface area (Å²) in [6, 6.07) is 10.9. The average molecular weight is 332 g/mol. The van der Waals surface area contributed by atoms with Crippen LogP contribution in [-0.2, 0) is 20.6 Å². The van der Waals surface area contributed by atoms with Crippen LogP contribution in [0.2, 0.25) is 0 Å². The molecule has 1 N–H and O–H groups in total. The lowest BCUT2D eigenvalue weighted by atomic mass is 9.96. The first kappa shape index (κ1) is 15.6. The lowest BCUT2D eigenvalue weighted by molar-refractivity contribution is -0.133. The molecule has 0 aliphatic carbocycles. The summed E-state index contributed by atoms with van der Waals surface area (Å²) >= 11 is -2.06. The van der Waals surface area contributed by atoms with Crippen LogP contribution in [0.25, 0.3) is 11.1 Å². The van der Waals surface area contributed by atoms with Crippen LogP contribution in [-0.4, -0.2) is 21.3 Å². The summed E-state index contributed by atoms with van der Waals surface area (Å²) in [4.78, 5) is 12.3. The fourth-order valence-electron chi connectivity index (χ4n) is 2.45. The maximum atomic E-state index is 13.8. The average Bonchev–Trinajstić information content (AvgIpc) is 2.92. The van der Waals surface area contributed by atoms with Gasteiger partial charge in [0.1, 0.15) is 12.4 Å². The topological polar surface area (TPSA) is 63.6 Å². The summed E-state index contributed by atoms with van der Waals surface area (Å²) in [5.41, 5.74) is 2.61. The van der Waals surface area contributed by atoms with E-state index in [0.29, 0.717) is 27.8 Å². The summed E-state index contributed by atoms with van der Waals surface area (Å²) in [5, 5.41) is 0. The zero-order chi connectivity index (χ0) is 16.6. The molecule has 0 amide bonds. The smallest absolute Gasteiger partial charge is 0.339 e. The van der Waals surface area contributed by atoms with Crippen LogP contribution >= 0.6 is 0 Å². The van der Waals surface area contributed by atoms with E-state index >= 15 is 0 Å². The number of esters is 1. The predicted octanol–water partition coefficient (Wildman–Crippen LogP) is 3.18. The van der Waals surface area contributed by atoms with Crippen molar-refractivity contribution >= 4 is 28.2 Å². The second kappa shape index (κ2) is 6.06. The van der Waals surface area contributed by atoms with Gasteiger partial charge in [0.25, 0.3) is 0 Å². The van der Waals surface area contributed by atoms with Crippen LogP contribution in [0.5, 0.6) is 0 Å². The van der Waals surface area contributed by atoms with Crippen LogP contribution in [0.4, 0.5) is 4.39 Å². The Labute approximate surface area is 134 Å². The van der Waals surface area contributed by atoms with E-state index in [4.69, 9.17) is 9.29 Å². The van der Waals surface area contributed by atoms with Gasteiger partial charge in [0, 0.05) is 5.57 Å². The van der Waals surface area contributed by atoms with Crippen molar-refractivity contribution in [3.05, 3.63) is 65.0 Å². The standard InChI is InChI=1S/C17H13FO4S/c1-10-2-3-12(8-15(10)18)16-14(9-22-17(16)19)11-4-6-13(7-5-11)23(20)21/h2-8H,9H2,1H3,(H,20,21). The maximum Gasteiger partial charge on any atom is 0.339 e. The Morgan fingerprint density at radius 2 is 1.78 bits per heavy atom. The minimum absolute atomic E-state index is 0.0885. The maximum absolute atomic E-state index is 13.8. The number of hydrogen-bond acceptors (Lipinski definition) is 3. The molecule has 0 spiro atoms. The Hall–Kier alpha value is -2.31. The number of ether oxygens (including phenoxy) is 1. The van der Waals surface area contributed by atoms with Gasteiger partial charge in [-0.15, -0.1) is 0 Å². The van der Waals surface area contributed by atoms with Gasteiger partial charge >= 0.3 is 5.97 Å². The lowest BCUT2D eigenvalue weighted by Gasteiger charge is -2.06. The van der Waals surface area contributed by atoms with Crippen molar-refractivity contribution < 1.29 is 22.7 Å². The molecule has 3 rings (SSSR count). The Morgan fingerprint density at radius 1 is 1.13 bits per heavy atom. The van der Waals surface area contributed by atoms with Crippen molar-refractivity contribution in [1.82, 2.24) is 0 Å². The molecule has 1 heterocycles. The Morgan fingerprint density at radius 3 is 2.39 bits per heavy atom. The van der Waals surface area contributed by atoms with E-state index in [0.717, 1.165) is 0 Å². The molecule has 1 unspecified atom stereocenters. The van der Waals surface area contributed by atoms with E-state index in [1.165, 1.54) is 18.2 Å². The first-order valence-corrected chi connectivity index (χ1v) is 7.96. The van der Waals surface area contributed by atoms with Gasteiger partial charge < -0.3 is 9.29 Å². The zero-order valence-electron chi connectivity index (χ0n) is 12.2. The summed E-state index contributed by atoms with van der Waals surface area (Å²) in [6.45, 7) is 1.74. The third-order valence-electron chi connectivity index (χ3n) is 3.72. The van der Waals surface area contributed by atoms with E-state index in [1.807, 2.05) is 0 Å². The van der Waals surface area contributed by atoms with Gasteiger partial charge in [-0.25, -0.2) is 13.4 Å². The SMILES string of the molecule is Cc1ccc(C2=C(c3ccc(S(=O)O)cc3)COC2=O)cc1F. The van der Waals surface area contributed by atoms with Crippen LogP contribution < -0.4 is 0 Å². The second-order valence-electron chi connectivity index (χ2n) is 5.17. The fraction of sp³-hybridized carbons (Fsp3) is 0.118. The predicted molar refractivity (Wildman–Crippen MR) is 84.4 cm³/mol. The molecule has 2 aromatic carbocycles. The van der Waals surface area contributed by atoms with E-state index in [2.05, 4.69) is 0 Å². The Bertz CT molecular complexity index is 840. The molecule has 0 bridgehead atoms. The largest absolute Gasteiger partial charge is 0.457 e. The molecule has 0 saturated heterocycles. The highest BCUT2D eigenvalue weighted by Gasteiger charge is 2.27. The number of halogens is 1. The molecule has 2 aromatic rings. The van der Waals surface area contributed by atoms with Crippen LogP contribution in [0.3, 0.4) is 0 Å². The summed E-state index contributed by atoms with van der Waals surface area (Å²) < 4.78 is 39.0. The number of cyclic esters (lactones) is 1. The van der Waals surface area contributed by atoms with E-state index in [9.17, 15) is 13.4 Å². The van der Waals surface area contributed by atoms with E-state index in [-0.39, 0.29) is 17.3 Å². The third-order valence-corrected chi connectivity index (χ3v) is 4.39. The lowest BCUT2D eigenvalue weighted by Crippen LogP contribution is -1.99. The number of benzene rings is 2. The molecule has 118 valence electrons. The first-order valence-electron chi connectivity index (χ1n) is 6.85. The van der Waals surface area contributed by atoms with Gasteiger partial charge in [-0.3, -0.25) is 0 Å². The highest BCUT2D eigenvalue weighted by molar-refractivity contribution is 7.79. The summed E-state index contributed by atoms with van der Waals surface area (Å²) in [7, 11) is 0. The number of carbonyl (C=O) groups excluding carboxylic acids is 1. The molecule has 0 fully saturated rings. The number of carbonyl (C=O) groups is 1. The monoisotopic (exact) mass is 332 g/mol. The van der Waals surface area contributed by atoms with Crippen molar-refractivity contribution in [2.24, 2.45) is 0 Å². The molecule has 1 aliphatic rings. The molecule has 4 nitrogen and oxygen atoms in total. The summed E-state index contributed by atoms with van der Waals surface area (Å²) in [5.74, 6) is -0.891. The molecule has 1 atom stereocenters. The van der Waals surface area contributed by atoms with Gasteiger partial charge in [-0.1, -0.05) is 24.3 Å². The fourth-order valence-corrected chi connectivity index (χ4v) is 2.81. The molecule has 0 aromatic heterocycles. The summed E-state index contributed by atoms with van der Waals surface area (Å²) in [6.07, 6.45) is 0. The Balaban J connectivity index is 2.10. The molecule has 6 heteroatoms. The minimum Gasteiger partial charge on any atom is -0.457 e. The van der Waals surface area contributed by atoms with Crippen LogP contribution in [0.15, 0.2) is 47.4 Å². The van der Waals surface area contributed by atoms with Crippen LogP contribution in [0.1, 0.15) is 16.7 Å². The van der Waals surface area contributed by atoms with Crippen LogP contribution in [0, 0.1) is 12.7 Å². The first-order chi connectivity index (χ1) is 11.0. The third kappa shape index (κ3) is 2.95. The van der Waals surface area contributed by atoms with Crippen molar-refractivity contribution in [1.29, 1.82) is 0 Å². The quantitative estimate of drug-likeness (QED) is 0.693. The minimum atomic E-state index is -2.06. The van der Waals surface area contributed by atoms with Crippen molar-refractivity contribution in [2.75, 3.05) is 6.61 Å².